The minimum absolute atomic E-state index is 0.0542. The Bertz CT molecular complexity index is 455. The van der Waals surface area contributed by atoms with Crippen molar-refractivity contribution in [3.05, 3.63) is 35.4 Å². The van der Waals surface area contributed by atoms with Gasteiger partial charge in [0, 0.05) is 13.0 Å². The van der Waals surface area contributed by atoms with Crippen molar-refractivity contribution in [1.29, 1.82) is 5.26 Å². The third-order valence-corrected chi connectivity index (χ3v) is 4.12. The molecule has 2 rings (SSSR count). The molecule has 102 valence electrons. The Balaban J connectivity index is 2.20. The highest BCUT2D eigenvalue weighted by Gasteiger charge is 2.33. The summed E-state index contributed by atoms with van der Waals surface area (Å²) in [7, 11) is 0. The van der Waals surface area contributed by atoms with E-state index in [0.717, 1.165) is 19.4 Å². The summed E-state index contributed by atoms with van der Waals surface area (Å²) in [5.74, 6) is 0.889. The number of nitriles is 1. The molecule has 2 nitrogen and oxygen atoms in total. The van der Waals surface area contributed by atoms with Gasteiger partial charge in [-0.3, -0.25) is 0 Å². The zero-order valence-electron chi connectivity index (χ0n) is 12.1. The lowest BCUT2D eigenvalue weighted by atomic mass is 9.75. The van der Waals surface area contributed by atoms with Gasteiger partial charge in [-0.2, -0.15) is 5.26 Å². The molecule has 2 atom stereocenters. The lowest BCUT2D eigenvalue weighted by Gasteiger charge is -2.39. The molecule has 1 heterocycles. The number of ether oxygens (including phenoxy) is 1. The second-order valence-corrected chi connectivity index (χ2v) is 6.24. The van der Waals surface area contributed by atoms with Crippen LogP contribution in [-0.4, -0.2) is 12.2 Å². The van der Waals surface area contributed by atoms with Crippen molar-refractivity contribution in [1.82, 2.24) is 0 Å². The summed E-state index contributed by atoms with van der Waals surface area (Å²) in [5.41, 5.74) is 2.52. The van der Waals surface area contributed by atoms with E-state index in [-0.39, 0.29) is 5.60 Å². The summed E-state index contributed by atoms with van der Waals surface area (Å²) < 4.78 is 5.80. The maximum atomic E-state index is 9.13. The summed E-state index contributed by atoms with van der Waals surface area (Å²) in [4.78, 5) is 0. The predicted molar refractivity (Wildman–Crippen MR) is 76.9 cm³/mol. The van der Waals surface area contributed by atoms with E-state index in [0.29, 0.717) is 18.3 Å². The first-order valence-electron chi connectivity index (χ1n) is 7.09. The van der Waals surface area contributed by atoms with Gasteiger partial charge in [0.2, 0.25) is 0 Å². The minimum atomic E-state index is -0.0542. The molecule has 1 fully saturated rings. The Kier molecular flexibility index (Phi) is 4.27. The Labute approximate surface area is 116 Å². The number of rotatable bonds is 3. The molecule has 1 saturated heterocycles. The second kappa shape index (κ2) is 5.75. The first kappa shape index (κ1) is 14.1. The Morgan fingerprint density at radius 2 is 2.05 bits per heavy atom. The molecule has 0 saturated carbocycles. The van der Waals surface area contributed by atoms with Crippen LogP contribution in [0.5, 0.6) is 0 Å². The minimum Gasteiger partial charge on any atom is -0.376 e. The molecule has 0 unspecified atom stereocenters. The van der Waals surface area contributed by atoms with Crippen LogP contribution in [-0.2, 0) is 4.74 Å². The fourth-order valence-corrected chi connectivity index (χ4v) is 3.09. The van der Waals surface area contributed by atoms with Gasteiger partial charge in [-0.05, 0) is 51.0 Å². The monoisotopic (exact) mass is 257 g/mol. The first-order valence-corrected chi connectivity index (χ1v) is 7.09. The maximum absolute atomic E-state index is 9.13. The molecule has 1 aliphatic rings. The Morgan fingerprint density at radius 3 is 2.63 bits per heavy atom. The average molecular weight is 257 g/mol. The summed E-state index contributed by atoms with van der Waals surface area (Å²) in [5, 5.41) is 9.13. The molecule has 0 N–H and O–H groups in total. The van der Waals surface area contributed by atoms with Gasteiger partial charge in [0.15, 0.2) is 0 Å². The molecule has 2 heteroatoms. The molecule has 0 bridgehead atoms. The third kappa shape index (κ3) is 3.58. The number of nitrogens with zero attached hydrogens (tertiary/aromatic N) is 1. The molecule has 0 spiro atoms. The number of aryl methyl sites for hydroxylation is 1. The summed E-state index contributed by atoms with van der Waals surface area (Å²) >= 11 is 0. The summed E-state index contributed by atoms with van der Waals surface area (Å²) in [6.07, 6.45) is 2.70. The van der Waals surface area contributed by atoms with E-state index in [4.69, 9.17) is 10.00 Å². The van der Waals surface area contributed by atoms with Crippen molar-refractivity contribution in [3.8, 4) is 6.07 Å². The van der Waals surface area contributed by atoms with Crippen molar-refractivity contribution in [2.75, 3.05) is 6.61 Å². The van der Waals surface area contributed by atoms with Crippen LogP contribution in [0.15, 0.2) is 24.3 Å². The molecular weight excluding hydrogens is 234 g/mol. The number of hydrogen-bond donors (Lipinski definition) is 0. The van der Waals surface area contributed by atoms with Crippen LogP contribution in [0, 0.1) is 24.2 Å². The molecule has 0 aromatic heterocycles. The van der Waals surface area contributed by atoms with Gasteiger partial charge in [0.25, 0.3) is 0 Å². The molecule has 0 amide bonds. The summed E-state index contributed by atoms with van der Waals surface area (Å²) in [6.45, 7) is 7.21. The normalized spacial score (nSPS) is 23.6. The van der Waals surface area contributed by atoms with Crippen molar-refractivity contribution in [3.63, 3.8) is 0 Å². The fourth-order valence-electron chi connectivity index (χ4n) is 3.09. The van der Waals surface area contributed by atoms with Crippen LogP contribution >= 0.6 is 0 Å². The van der Waals surface area contributed by atoms with Gasteiger partial charge < -0.3 is 4.74 Å². The highest BCUT2D eigenvalue weighted by atomic mass is 16.5. The Morgan fingerprint density at radius 1 is 1.37 bits per heavy atom. The smallest absolute Gasteiger partial charge is 0.0629 e. The van der Waals surface area contributed by atoms with Crippen molar-refractivity contribution >= 4 is 0 Å². The van der Waals surface area contributed by atoms with Crippen LogP contribution < -0.4 is 0 Å². The molecule has 1 aromatic rings. The molecular formula is C17H23NO. The quantitative estimate of drug-likeness (QED) is 0.813. The number of benzene rings is 1. The van der Waals surface area contributed by atoms with Gasteiger partial charge >= 0.3 is 0 Å². The highest BCUT2D eigenvalue weighted by molar-refractivity contribution is 5.26. The van der Waals surface area contributed by atoms with E-state index < -0.39 is 0 Å². The van der Waals surface area contributed by atoms with Crippen LogP contribution in [0.3, 0.4) is 0 Å². The molecule has 0 aliphatic carbocycles. The van der Waals surface area contributed by atoms with Crippen molar-refractivity contribution < 1.29 is 4.74 Å². The fraction of sp³-hybridized carbons (Fsp3) is 0.588. The van der Waals surface area contributed by atoms with Crippen LogP contribution in [0.25, 0.3) is 0 Å². The van der Waals surface area contributed by atoms with E-state index >= 15 is 0 Å². The zero-order chi connectivity index (χ0) is 13.9. The Hall–Kier alpha value is -1.33. The predicted octanol–water partition coefficient (Wildman–Crippen LogP) is 4.20. The third-order valence-electron chi connectivity index (χ3n) is 4.12. The van der Waals surface area contributed by atoms with Crippen LogP contribution in [0.2, 0.25) is 0 Å². The van der Waals surface area contributed by atoms with Gasteiger partial charge in [0.05, 0.1) is 11.7 Å². The van der Waals surface area contributed by atoms with Crippen molar-refractivity contribution in [2.24, 2.45) is 5.92 Å². The molecule has 19 heavy (non-hydrogen) atoms. The van der Waals surface area contributed by atoms with E-state index in [1.165, 1.54) is 11.1 Å². The largest absolute Gasteiger partial charge is 0.376 e. The van der Waals surface area contributed by atoms with Crippen LogP contribution in [0.1, 0.15) is 50.2 Å². The highest BCUT2D eigenvalue weighted by Crippen LogP contribution is 2.39. The summed E-state index contributed by atoms with van der Waals surface area (Å²) in [6, 6.07) is 11.0. The van der Waals surface area contributed by atoms with Gasteiger partial charge in [-0.25, -0.2) is 0 Å². The zero-order valence-corrected chi connectivity index (χ0v) is 12.1. The topological polar surface area (TPSA) is 33.0 Å². The first-order chi connectivity index (χ1) is 9.02. The van der Waals surface area contributed by atoms with Crippen molar-refractivity contribution in [2.45, 2.75) is 51.6 Å². The SMILES string of the molecule is Cc1ccc([C@H](CC#N)[C@H]2CCOC(C)(C)C2)cc1. The van der Waals surface area contributed by atoms with E-state index in [9.17, 15) is 0 Å². The molecule has 1 aromatic carbocycles. The standard InChI is InChI=1S/C17H23NO/c1-13-4-6-14(7-5-13)16(8-10-18)15-9-11-19-17(2,3)12-15/h4-7,15-16H,8-9,11-12H2,1-3H3/t15-,16-/m0/s1. The van der Waals surface area contributed by atoms with Crippen LogP contribution in [0.4, 0.5) is 0 Å². The van der Waals surface area contributed by atoms with Gasteiger partial charge in [0.1, 0.15) is 0 Å². The number of hydrogen-bond acceptors (Lipinski definition) is 2. The van der Waals surface area contributed by atoms with Gasteiger partial charge in [-0.15, -0.1) is 0 Å². The lowest BCUT2D eigenvalue weighted by molar-refractivity contribution is -0.0766. The average Bonchev–Trinajstić information content (AvgIpc) is 2.36. The molecule has 1 aliphatic heterocycles. The maximum Gasteiger partial charge on any atom is 0.0629 e. The molecule has 0 radical (unpaired) electrons. The van der Waals surface area contributed by atoms with E-state index in [1.807, 2.05) is 0 Å². The second-order valence-electron chi connectivity index (χ2n) is 6.24. The van der Waals surface area contributed by atoms with Gasteiger partial charge in [-0.1, -0.05) is 29.8 Å². The van der Waals surface area contributed by atoms with E-state index in [2.05, 4.69) is 51.1 Å². The van der Waals surface area contributed by atoms with E-state index in [1.54, 1.807) is 0 Å². The lowest BCUT2D eigenvalue weighted by Crippen LogP contribution is -2.36.